The van der Waals surface area contributed by atoms with Crippen LogP contribution in [-0.4, -0.2) is 48.3 Å². The van der Waals surface area contributed by atoms with E-state index < -0.39 is 0 Å². The molecule has 2 aliphatic heterocycles. The molecule has 18 heavy (non-hydrogen) atoms. The third-order valence-electron chi connectivity index (χ3n) is 3.59. The zero-order valence-electron chi connectivity index (χ0n) is 10.8. The van der Waals surface area contributed by atoms with Crippen molar-refractivity contribution in [3.05, 3.63) is 24.3 Å². The lowest BCUT2D eigenvalue weighted by Crippen LogP contribution is -2.37. The van der Waals surface area contributed by atoms with Gasteiger partial charge in [-0.15, -0.1) is 0 Å². The third kappa shape index (κ3) is 3.29. The van der Waals surface area contributed by atoms with Gasteiger partial charge in [0.05, 0.1) is 0 Å². The molecule has 0 aliphatic carbocycles. The average molecular weight is 248 g/mol. The molecule has 2 amide bonds. The average Bonchev–Trinajstić information content (AvgIpc) is 2.38. The number of piperidine rings is 1. The molecule has 0 bridgehead atoms. The Morgan fingerprint density at radius 3 is 2.72 bits per heavy atom. The second-order valence-corrected chi connectivity index (χ2v) is 5.02. The maximum atomic E-state index is 11.9. The number of carbonyl (C=O) groups is 2. The Labute approximate surface area is 108 Å². The molecule has 0 atom stereocenters. The van der Waals surface area contributed by atoms with Crippen LogP contribution in [0.4, 0.5) is 0 Å². The molecule has 98 valence electrons. The Bertz CT molecular complexity index is 379. The molecule has 0 radical (unpaired) electrons. The predicted molar refractivity (Wildman–Crippen MR) is 69.8 cm³/mol. The van der Waals surface area contributed by atoms with Crippen molar-refractivity contribution >= 4 is 11.8 Å². The summed E-state index contributed by atoms with van der Waals surface area (Å²) in [6.45, 7) is 2.66. The fourth-order valence-corrected chi connectivity index (χ4v) is 2.34. The molecule has 1 fully saturated rings. The zero-order chi connectivity index (χ0) is 13.0. The summed E-state index contributed by atoms with van der Waals surface area (Å²) >= 11 is 0. The number of hydrogen-bond donors (Lipinski definition) is 0. The van der Waals surface area contributed by atoms with Gasteiger partial charge in [-0.05, 0) is 57.5 Å². The van der Waals surface area contributed by atoms with E-state index >= 15 is 0 Å². The van der Waals surface area contributed by atoms with Crippen LogP contribution in [0.25, 0.3) is 0 Å². The summed E-state index contributed by atoms with van der Waals surface area (Å²) in [4.78, 5) is 27.0. The number of imide groups is 1. The van der Waals surface area contributed by atoms with E-state index in [4.69, 9.17) is 0 Å². The second kappa shape index (κ2) is 5.96. The van der Waals surface area contributed by atoms with E-state index in [9.17, 15) is 9.59 Å². The highest BCUT2D eigenvalue weighted by molar-refractivity contribution is 6.05. The predicted octanol–water partition coefficient (Wildman–Crippen LogP) is 1.20. The summed E-state index contributed by atoms with van der Waals surface area (Å²) in [6.07, 6.45) is 9.79. The summed E-state index contributed by atoms with van der Waals surface area (Å²) in [6, 6.07) is 0. The van der Waals surface area contributed by atoms with E-state index in [-0.39, 0.29) is 11.8 Å². The van der Waals surface area contributed by atoms with Crippen molar-refractivity contribution in [3.63, 3.8) is 0 Å². The molecular formula is C14H20N2O2. The van der Waals surface area contributed by atoms with Gasteiger partial charge >= 0.3 is 0 Å². The number of allylic oxidation sites excluding steroid dienone is 1. The van der Waals surface area contributed by atoms with Gasteiger partial charge in [-0.25, -0.2) is 0 Å². The van der Waals surface area contributed by atoms with Gasteiger partial charge in [-0.2, -0.15) is 0 Å². The Hall–Kier alpha value is -1.42. The van der Waals surface area contributed by atoms with Crippen LogP contribution in [0.3, 0.4) is 0 Å². The molecular weight excluding hydrogens is 228 g/mol. The second-order valence-electron chi connectivity index (χ2n) is 5.02. The van der Waals surface area contributed by atoms with Crippen molar-refractivity contribution in [3.8, 4) is 0 Å². The van der Waals surface area contributed by atoms with Crippen LogP contribution in [0.2, 0.25) is 0 Å². The van der Waals surface area contributed by atoms with Crippen LogP contribution in [0, 0.1) is 5.92 Å². The van der Waals surface area contributed by atoms with Gasteiger partial charge in [0.1, 0.15) is 0 Å². The largest absolute Gasteiger partial charge is 0.306 e. The van der Waals surface area contributed by atoms with Crippen molar-refractivity contribution in [2.24, 2.45) is 5.92 Å². The van der Waals surface area contributed by atoms with Crippen molar-refractivity contribution < 1.29 is 9.59 Å². The molecule has 2 aliphatic rings. The van der Waals surface area contributed by atoms with Crippen LogP contribution in [0.15, 0.2) is 24.3 Å². The number of likely N-dealkylation sites (tertiary alicyclic amines) is 1. The highest BCUT2D eigenvalue weighted by atomic mass is 16.2. The Kier molecular flexibility index (Phi) is 4.31. The molecule has 4 heteroatoms. The van der Waals surface area contributed by atoms with Crippen LogP contribution < -0.4 is 0 Å². The minimum absolute atomic E-state index is 0.178. The Morgan fingerprint density at radius 2 is 2.06 bits per heavy atom. The summed E-state index contributed by atoms with van der Waals surface area (Å²) in [5.41, 5.74) is 0. The van der Waals surface area contributed by atoms with Gasteiger partial charge < -0.3 is 4.90 Å². The monoisotopic (exact) mass is 248 g/mol. The van der Waals surface area contributed by atoms with Crippen molar-refractivity contribution in [2.45, 2.75) is 19.3 Å². The molecule has 2 rings (SSSR count). The summed E-state index contributed by atoms with van der Waals surface area (Å²) < 4.78 is 0. The maximum absolute atomic E-state index is 11.9. The van der Waals surface area contributed by atoms with E-state index in [0.717, 1.165) is 32.4 Å². The van der Waals surface area contributed by atoms with Crippen LogP contribution >= 0.6 is 0 Å². The third-order valence-corrected chi connectivity index (χ3v) is 3.59. The van der Waals surface area contributed by atoms with Crippen molar-refractivity contribution in [1.82, 2.24) is 9.80 Å². The lowest BCUT2D eigenvalue weighted by atomic mass is 9.96. The van der Waals surface area contributed by atoms with E-state index in [1.165, 1.54) is 11.0 Å². The van der Waals surface area contributed by atoms with Gasteiger partial charge in [-0.1, -0.05) is 12.2 Å². The number of hydrogen-bond acceptors (Lipinski definition) is 3. The Balaban J connectivity index is 1.87. The summed E-state index contributed by atoms with van der Waals surface area (Å²) in [5.74, 6) is 0.100. The highest BCUT2D eigenvalue weighted by Gasteiger charge is 2.20. The molecule has 2 heterocycles. The standard InChI is InChI=1S/C14H20N2O2/c1-15-10-7-12(8-11-15)5-6-14(18)16-9-3-2-4-13(16)17/h2,4-6,12H,3,7-11H2,1H3/b6-5+. The minimum atomic E-state index is -0.195. The fraction of sp³-hybridized carbons (Fsp3) is 0.571. The van der Waals surface area contributed by atoms with E-state index in [2.05, 4.69) is 11.9 Å². The quantitative estimate of drug-likeness (QED) is 0.689. The molecule has 0 N–H and O–H groups in total. The first kappa shape index (κ1) is 13.0. The number of rotatable bonds is 2. The normalized spacial score (nSPS) is 22.9. The molecule has 0 spiro atoms. The lowest BCUT2D eigenvalue weighted by Gasteiger charge is -2.27. The van der Waals surface area contributed by atoms with Crippen LogP contribution in [0.5, 0.6) is 0 Å². The van der Waals surface area contributed by atoms with E-state index in [0.29, 0.717) is 12.5 Å². The maximum Gasteiger partial charge on any atom is 0.253 e. The summed E-state index contributed by atoms with van der Waals surface area (Å²) in [7, 11) is 2.11. The van der Waals surface area contributed by atoms with E-state index in [1.807, 2.05) is 12.2 Å². The van der Waals surface area contributed by atoms with Crippen molar-refractivity contribution in [1.29, 1.82) is 0 Å². The van der Waals surface area contributed by atoms with Crippen LogP contribution in [0.1, 0.15) is 19.3 Å². The van der Waals surface area contributed by atoms with E-state index in [1.54, 1.807) is 6.08 Å². The summed E-state index contributed by atoms with van der Waals surface area (Å²) in [5, 5.41) is 0. The van der Waals surface area contributed by atoms with Crippen molar-refractivity contribution in [2.75, 3.05) is 26.7 Å². The van der Waals surface area contributed by atoms with Gasteiger partial charge in [0.2, 0.25) is 0 Å². The molecule has 4 nitrogen and oxygen atoms in total. The molecule has 0 saturated carbocycles. The Morgan fingerprint density at radius 1 is 1.33 bits per heavy atom. The zero-order valence-corrected chi connectivity index (χ0v) is 10.8. The molecule has 0 aromatic heterocycles. The van der Waals surface area contributed by atoms with Gasteiger partial charge in [0, 0.05) is 6.54 Å². The first-order valence-corrected chi connectivity index (χ1v) is 6.55. The minimum Gasteiger partial charge on any atom is -0.306 e. The smallest absolute Gasteiger partial charge is 0.253 e. The molecule has 0 aromatic rings. The highest BCUT2D eigenvalue weighted by Crippen LogP contribution is 2.17. The number of carbonyl (C=O) groups excluding carboxylic acids is 2. The van der Waals surface area contributed by atoms with Gasteiger partial charge in [0.15, 0.2) is 0 Å². The number of amides is 2. The molecule has 0 unspecified atom stereocenters. The molecule has 0 aromatic carbocycles. The topological polar surface area (TPSA) is 40.6 Å². The number of nitrogens with zero attached hydrogens (tertiary/aromatic N) is 2. The fourth-order valence-electron chi connectivity index (χ4n) is 2.34. The first-order valence-electron chi connectivity index (χ1n) is 6.55. The molecule has 1 saturated heterocycles. The van der Waals surface area contributed by atoms with Gasteiger partial charge in [-0.3, -0.25) is 14.5 Å². The SMILES string of the molecule is CN1CCC(/C=C/C(=O)N2CCC=CC2=O)CC1. The van der Waals surface area contributed by atoms with Crippen LogP contribution in [-0.2, 0) is 9.59 Å². The van der Waals surface area contributed by atoms with Gasteiger partial charge in [0.25, 0.3) is 11.8 Å². The first-order chi connectivity index (χ1) is 8.66. The lowest BCUT2D eigenvalue weighted by molar-refractivity contribution is -0.139.